The van der Waals surface area contributed by atoms with Gasteiger partial charge in [-0.25, -0.2) is 4.98 Å². The predicted octanol–water partition coefficient (Wildman–Crippen LogP) is 13.1. The molecule has 0 bridgehead atoms. The number of rotatable bonds is 5. The zero-order chi connectivity index (χ0) is 34.6. The molecule has 3 heterocycles. The van der Waals surface area contributed by atoms with E-state index < -0.39 is 0 Å². The van der Waals surface area contributed by atoms with Gasteiger partial charge in [-0.3, -0.25) is 0 Å². The molecule has 0 aliphatic carbocycles. The van der Waals surface area contributed by atoms with E-state index in [0.717, 1.165) is 56.0 Å². The van der Waals surface area contributed by atoms with Crippen molar-refractivity contribution in [3.05, 3.63) is 181 Å². The summed E-state index contributed by atoms with van der Waals surface area (Å²) in [7, 11) is 0. The summed E-state index contributed by atoms with van der Waals surface area (Å²) in [6.45, 7) is 0. The normalized spacial score (nSPS) is 11.4. The molecule has 0 spiro atoms. The van der Waals surface area contributed by atoms with Crippen LogP contribution in [0.25, 0.3) is 92.4 Å². The van der Waals surface area contributed by atoms with Crippen molar-refractivity contribution in [2.45, 2.75) is 0 Å². The third-order valence-corrected chi connectivity index (χ3v) is 11.2. The molecule has 0 saturated carbocycles. The van der Waals surface area contributed by atoms with E-state index in [9.17, 15) is 5.26 Å². The van der Waals surface area contributed by atoms with E-state index in [1.165, 1.54) is 36.5 Å². The third kappa shape index (κ3) is 4.99. The minimum atomic E-state index is 0.643. The number of fused-ring (bicyclic) bond motifs is 7. The van der Waals surface area contributed by atoms with Crippen LogP contribution in [0.5, 0.6) is 0 Å². The van der Waals surface area contributed by atoms with Crippen molar-refractivity contribution < 1.29 is 0 Å². The number of pyridine rings is 1. The van der Waals surface area contributed by atoms with E-state index in [1.54, 1.807) is 0 Å². The molecule has 4 heteroatoms. The van der Waals surface area contributed by atoms with Gasteiger partial charge in [0.15, 0.2) is 0 Å². The lowest BCUT2D eigenvalue weighted by atomic mass is 9.95. The van der Waals surface area contributed by atoms with E-state index in [4.69, 9.17) is 4.98 Å². The van der Waals surface area contributed by atoms with Crippen molar-refractivity contribution in [3.63, 3.8) is 0 Å². The minimum absolute atomic E-state index is 0.643. The summed E-state index contributed by atoms with van der Waals surface area (Å²) < 4.78 is 5.03. The standard InChI is InChI=1S/C48H29N3S/c49-30-31-19-21-32(22-20-31)35-25-36(37-28-42(33-11-3-1-4-12-33)50-43(29-37)34-13-5-2-6-14-34)27-38(26-35)51-44-17-9-7-16-41(44)47-45(51)24-23-40-39-15-8-10-18-46(39)52-48(40)47/h1-29H. The average molecular weight is 680 g/mol. The van der Waals surface area contributed by atoms with Crippen LogP contribution in [0.1, 0.15) is 5.56 Å². The van der Waals surface area contributed by atoms with Gasteiger partial charge in [-0.15, -0.1) is 11.3 Å². The summed E-state index contributed by atoms with van der Waals surface area (Å²) in [5, 5.41) is 14.7. The molecule has 0 aliphatic rings. The van der Waals surface area contributed by atoms with Gasteiger partial charge in [-0.1, -0.05) is 115 Å². The molecule has 0 radical (unpaired) electrons. The Hall–Kier alpha value is -6.80. The molecule has 0 unspecified atom stereocenters. The van der Waals surface area contributed by atoms with E-state index in [1.807, 2.05) is 47.7 Å². The SMILES string of the molecule is N#Cc1ccc(-c2cc(-c3cc(-c4ccccc4)nc(-c4ccccc4)c3)cc(-n3c4ccccc4c4c5sc6ccccc6c5ccc43)c2)cc1. The first kappa shape index (κ1) is 30.1. The highest BCUT2D eigenvalue weighted by Crippen LogP contribution is 2.44. The van der Waals surface area contributed by atoms with Crippen molar-refractivity contribution in [3.8, 4) is 56.5 Å². The maximum Gasteiger partial charge on any atom is 0.0991 e. The number of hydrogen-bond acceptors (Lipinski definition) is 3. The van der Waals surface area contributed by atoms with Gasteiger partial charge in [0.1, 0.15) is 0 Å². The number of aromatic nitrogens is 2. The topological polar surface area (TPSA) is 41.6 Å². The summed E-state index contributed by atoms with van der Waals surface area (Å²) in [4.78, 5) is 5.17. The van der Waals surface area contributed by atoms with Gasteiger partial charge in [0.25, 0.3) is 0 Å². The van der Waals surface area contributed by atoms with Gasteiger partial charge in [-0.05, 0) is 82.9 Å². The number of hydrogen-bond donors (Lipinski definition) is 0. The van der Waals surface area contributed by atoms with Crippen LogP contribution in [-0.4, -0.2) is 9.55 Å². The van der Waals surface area contributed by atoms with Gasteiger partial charge in [0, 0.05) is 47.8 Å². The van der Waals surface area contributed by atoms with Crippen LogP contribution in [-0.2, 0) is 0 Å². The van der Waals surface area contributed by atoms with Crippen molar-refractivity contribution >= 4 is 53.3 Å². The summed E-state index contributed by atoms with van der Waals surface area (Å²) in [5.74, 6) is 0. The van der Waals surface area contributed by atoms with E-state index in [0.29, 0.717) is 5.56 Å². The Morgan fingerprint density at radius 3 is 1.75 bits per heavy atom. The fourth-order valence-corrected chi connectivity index (χ4v) is 8.79. The molecule has 0 aliphatic heterocycles. The zero-order valence-corrected chi connectivity index (χ0v) is 28.8. The molecule has 3 aromatic heterocycles. The van der Waals surface area contributed by atoms with E-state index in [-0.39, 0.29) is 0 Å². The van der Waals surface area contributed by atoms with Crippen LogP contribution < -0.4 is 0 Å². The zero-order valence-electron chi connectivity index (χ0n) is 28.0. The Labute approximate surface area is 304 Å². The molecule has 10 aromatic rings. The third-order valence-electron chi connectivity index (χ3n) is 10.0. The Balaban J connectivity index is 1.27. The van der Waals surface area contributed by atoms with Crippen LogP contribution >= 0.6 is 11.3 Å². The lowest BCUT2D eigenvalue weighted by molar-refractivity contribution is 1.18. The van der Waals surface area contributed by atoms with Crippen LogP contribution in [0.2, 0.25) is 0 Å². The first-order valence-corrected chi connectivity index (χ1v) is 18.2. The van der Waals surface area contributed by atoms with Gasteiger partial charge < -0.3 is 4.57 Å². The quantitative estimate of drug-likeness (QED) is 0.182. The number of para-hydroxylation sites is 1. The van der Waals surface area contributed by atoms with E-state index in [2.05, 4.69) is 150 Å². The van der Waals surface area contributed by atoms with Crippen LogP contribution in [0.4, 0.5) is 0 Å². The van der Waals surface area contributed by atoms with Crippen molar-refractivity contribution in [1.29, 1.82) is 5.26 Å². The van der Waals surface area contributed by atoms with Gasteiger partial charge in [0.05, 0.1) is 34.1 Å². The maximum atomic E-state index is 9.57. The number of nitrogens with zero attached hydrogens (tertiary/aromatic N) is 3. The molecule has 3 nitrogen and oxygen atoms in total. The molecule has 0 atom stereocenters. The highest BCUT2D eigenvalue weighted by molar-refractivity contribution is 7.26. The average Bonchev–Trinajstić information content (AvgIpc) is 3.77. The second-order valence-corrected chi connectivity index (χ2v) is 14.2. The molecule has 7 aromatic carbocycles. The lowest BCUT2D eigenvalue weighted by Gasteiger charge is -2.15. The monoisotopic (exact) mass is 679 g/mol. The summed E-state index contributed by atoms with van der Waals surface area (Å²) in [6, 6.07) is 64.3. The molecular formula is C48H29N3S. The molecule has 10 rings (SSSR count). The fraction of sp³-hybridized carbons (Fsp3) is 0. The number of benzene rings is 7. The van der Waals surface area contributed by atoms with Gasteiger partial charge in [0.2, 0.25) is 0 Å². The van der Waals surface area contributed by atoms with Crippen LogP contribution in [0.15, 0.2) is 176 Å². The molecule has 0 N–H and O–H groups in total. The molecule has 52 heavy (non-hydrogen) atoms. The van der Waals surface area contributed by atoms with Crippen LogP contribution in [0, 0.1) is 11.3 Å². The summed E-state index contributed by atoms with van der Waals surface area (Å²) in [6.07, 6.45) is 0. The fourth-order valence-electron chi connectivity index (χ4n) is 7.53. The maximum absolute atomic E-state index is 9.57. The van der Waals surface area contributed by atoms with Crippen molar-refractivity contribution in [2.24, 2.45) is 0 Å². The lowest BCUT2D eigenvalue weighted by Crippen LogP contribution is -1.97. The first-order chi connectivity index (χ1) is 25.7. The second kappa shape index (κ2) is 12.2. The Morgan fingerprint density at radius 1 is 0.462 bits per heavy atom. The van der Waals surface area contributed by atoms with E-state index >= 15 is 0 Å². The van der Waals surface area contributed by atoms with Crippen LogP contribution in [0.3, 0.4) is 0 Å². The smallest absolute Gasteiger partial charge is 0.0991 e. The first-order valence-electron chi connectivity index (χ1n) is 17.3. The molecular weight excluding hydrogens is 651 g/mol. The minimum Gasteiger partial charge on any atom is -0.309 e. The second-order valence-electron chi connectivity index (χ2n) is 13.1. The molecule has 0 saturated heterocycles. The Bertz CT molecular complexity index is 2950. The highest BCUT2D eigenvalue weighted by atomic mass is 32.1. The van der Waals surface area contributed by atoms with Gasteiger partial charge in [-0.2, -0.15) is 5.26 Å². The van der Waals surface area contributed by atoms with Gasteiger partial charge >= 0.3 is 0 Å². The Kier molecular flexibility index (Phi) is 7.06. The molecule has 0 fully saturated rings. The summed E-state index contributed by atoms with van der Waals surface area (Å²) >= 11 is 1.87. The van der Waals surface area contributed by atoms with Crippen molar-refractivity contribution in [2.75, 3.05) is 0 Å². The largest absolute Gasteiger partial charge is 0.309 e. The number of nitriles is 1. The molecule has 242 valence electrons. The predicted molar refractivity (Wildman–Crippen MR) is 218 cm³/mol. The van der Waals surface area contributed by atoms with Crippen molar-refractivity contribution in [1.82, 2.24) is 9.55 Å². The highest BCUT2D eigenvalue weighted by Gasteiger charge is 2.19. The molecule has 0 amide bonds. The Morgan fingerprint density at radius 2 is 1.06 bits per heavy atom. The summed E-state index contributed by atoms with van der Waals surface area (Å²) in [5.41, 5.74) is 12.3. The number of thiophene rings is 1.